The lowest BCUT2D eigenvalue weighted by Crippen LogP contribution is -2.41. The molecule has 1 aliphatic heterocycles. The lowest BCUT2D eigenvalue weighted by Gasteiger charge is -2.22. The third-order valence-electron chi connectivity index (χ3n) is 1.34. The van der Waals surface area contributed by atoms with Gasteiger partial charge in [0.05, 0.1) is 0 Å². The van der Waals surface area contributed by atoms with Crippen LogP contribution in [0.25, 0.3) is 0 Å². The van der Waals surface area contributed by atoms with Crippen LogP contribution < -0.4 is 5.32 Å². The first-order valence-electron chi connectivity index (χ1n) is 2.97. The molecular weight excluding hydrogens is 194 g/mol. The number of ketones is 1. The molecule has 0 fully saturated rings. The molecule has 0 bridgehead atoms. The van der Waals surface area contributed by atoms with Crippen LogP contribution in [0.2, 0.25) is 0 Å². The van der Waals surface area contributed by atoms with Gasteiger partial charge in [0.25, 0.3) is 0 Å². The van der Waals surface area contributed by atoms with Gasteiger partial charge in [0.1, 0.15) is 0 Å². The number of carbonyl (C=O) groups excluding carboxylic acids is 1. The second-order valence-corrected chi connectivity index (χ2v) is 3.38. The van der Waals surface area contributed by atoms with Gasteiger partial charge in [-0.2, -0.15) is 0 Å². The maximum absolute atomic E-state index is 10.9. The van der Waals surface area contributed by atoms with Crippen LogP contribution in [0.1, 0.15) is 6.92 Å². The normalized spacial score (nSPS) is 29.8. The molecule has 3 heteroatoms. The van der Waals surface area contributed by atoms with Crippen molar-refractivity contribution in [2.45, 2.75) is 11.4 Å². The van der Waals surface area contributed by atoms with Crippen LogP contribution in [0.5, 0.6) is 0 Å². The zero-order valence-electron chi connectivity index (χ0n) is 5.60. The second kappa shape index (κ2) is 2.58. The number of alkyl halides is 1. The molecule has 0 amide bonds. The molecular formula is C7H8BrNO. The van der Waals surface area contributed by atoms with Crippen molar-refractivity contribution in [3.8, 4) is 0 Å². The fraction of sp³-hybridized carbons (Fsp3) is 0.286. The molecule has 2 nitrogen and oxygen atoms in total. The molecule has 0 radical (unpaired) electrons. The molecule has 1 heterocycles. The third kappa shape index (κ3) is 1.29. The minimum Gasteiger partial charge on any atom is -0.367 e. The van der Waals surface area contributed by atoms with Crippen molar-refractivity contribution in [1.82, 2.24) is 5.32 Å². The van der Waals surface area contributed by atoms with Crippen molar-refractivity contribution in [3.63, 3.8) is 0 Å². The van der Waals surface area contributed by atoms with Gasteiger partial charge in [-0.1, -0.05) is 6.08 Å². The number of nitrogens with one attached hydrogen (secondary N) is 1. The molecule has 0 aliphatic carbocycles. The smallest absolute Gasteiger partial charge is 0.170 e. The summed E-state index contributed by atoms with van der Waals surface area (Å²) in [6.07, 6.45) is 7.17. The van der Waals surface area contributed by atoms with Gasteiger partial charge in [0.2, 0.25) is 0 Å². The van der Waals surface area contributed by atoms with Crippen molar-refractivity contribution in [1.29, 1.82) is 0 Å². The Morgan fingerprint density at radius 1 is 1.60 bits per heavy atom. The largest absolute Gasteiger partial charge is 0.367 e. The Labute approximate surface area is 68.1 Å². The molecule has 0 aromatic rings. The highest BCUT2D eigenvalue weighted by atomic mass is 79.9. The summed E-state index contributed by atoms with van der Waals surface area (Å²) < 4.78 is -0.665. The summed E-state index contributed by atoms with van der Waals surface area (Å²) in [5.41, 5.74) is 0. The molecule has 1 unspecified atom stereocenters. The van der Waals surface area contributed by atoms with E-state index in [-0.39, 0.29) is 5.78 Å². The fourth-order valence-corrected chi connectivity index (χ4v) is 0.965. The van der Waals surface area contributed by atoms with Crippen LogP contribution in [0.15, 0.2) is 24.4 Å². The van der Waals surface area contributed by atoms with Crippen LogP contribution in [-0.4, -0.2) is 10.2 Å². The van der Waals surface area contributed by atoms with E-state index in [9.17, 15) is 4.79 Å². The van der Waals surface area contributed by atoms with Gasteiger partial charge in [-0.05, 0) is 41.2 Å². The van der Waals surface area contributed by atoms with Gasteiger partial charge in [-0.15, -0.1) is 0 Å². The van der Waals surface area contributed by atoms with Crippen molar-refractivity contribution >= 4 is 21.7 Å². The number of halogens is 1. The molecule has 1 aliphatic rings. The summed E-state index contributed by atoms with van der Waals surface area (Å²) >= 11 is 3.26. The first-order chi connectivity index (χ1) is 4.65. The maximum Gasteiger partial charge on any atom is 0.170 e. The quantitative estimate of drug-likeness (QED) is 0.513. The molecule has 1 rings (SSSR count). The molecule has 54 valence electrons. The zero-order valence-corrected chi connectivity index (χ0v) is 7.18. The van der Waals surface area contributed by atoms with E-state index in [1.54, 1.807) is 12.3 Å². The SMILES string of the molecule is CC(=O)C1(Br)C=CC=CN1. The summed E-state index contributed by atoms with van der Waals surface area (Å²) in [4.78, 5) is 10.9. The Hall–Kier alpha value is -0.570. The molecule has 0 aromatic carbocycles. The standard InChI is InChI=1S/C7H8BrNO/c1-6(10)7(8)4-2-3-5-9-7/h2-5,9H,1H3. The highest BCUT2D eigenvalue weighted by molar-refractivity contribution is 9.10. The van der Waals surface area contributed by atoms with Gasteiger partial charge in [-0.25, -0.2) is 0 Å². The topological polar surface area (TPSA) is 29.1 Å². The van der Waals surface area contributed by atoms with E-state index in [0.717, 1.165) is 0 Å². The van der Waals surface area contributed by atoms with Crippen LogP contribution in [-0.2, 0) is 4.79 Å². The Balaban J connectivity index is 2.80. The van der Waals surface area contributed by atoms with Crippen molar-refractivity contribution in [2.24, 2.45) is 0 Å². The number of dihydropyridines is 1. The summed E-state index contributed by atoms with van der Waals surface area (Å²) in [5, 5.41) is 2.89. The van der Waals surface area contributed by atoms with Gasteiger partial charge >= 0.3 is 0 Å². The molecule has 0 aromatic heterocycles. The number of rotatable bonds is 1. The third-order valence-corrected chi connectivity index (χ3v) is 2.39. The Bertz CT molecular complexity index is 210. The van der Waals surface area contributed by atoms with E-state index in [1.165, 1.54) is 6.92 Å². The van der Waals surface area contributed by atoms with E-state index < -0.39 is 4.45 Å². The maximum atomic E-state index is 10.9. The van der Waals surface area contributed by atoms with E-state index in [4.69, 9.17) is 0 Å². The van der Waals surface area contributed by atoms with Gasteiger partial charge < -0.3 is 5.32 Å². The first-order valence-corrected chi connectivity index (χ1v) is 3.76. The zero-order chi connectivity index (χ0) is 7.61. The number of hydrogen-bond acceptors (Lipinski definition) is 2. The number of carbonyl (C=O) groups is 1. The average molecular weight is 202 g/mol. The number of hydrogen-bond donors (Lipinski definition) is 1. The molecule has 0 saturated carbocycles. The fourth-order valence-electron chi connectivity index (χ4n) is 0.680. The van der Waals surface area contributed by atoms with Gasteiger partial charge in [-0.3, -0.25) is 4.79 Å². The van der Waals surface area contributed by atoms with E-state index >= 15 is 0 Å². The van der Waals surface area contributed by atoms with Gasteiger partial charge in [0.15, 0.2) is 10.2 Å². The minimum absolute atomic E-state index is 0.0492. The van der Waals surface area contributed by atoms with Gasteiger partial charge in [0, 0.05) is 0 Å². The Morgan fingerprint density at radius 2 is 2.30 bits per heavy atom. The predicted octanol–water partition coefficient (Wildman–Crippen LogP) is 1.34. The van der Waals surface area contributed by atoms with Crippen molar-refractivity contribution in [2.75, 3.05) is 0 Å². The molecule has 0 spiro atoms. The van der Waals surface area contributed by atoms with Crippen molar-refractivity contribution < 1.29 is 4.79 Å². The Kier molecular flexibility index (Phi) is 1.94. The molecule has 10 heavy (non-hydrogen) atoms. The summed E-state index contributed by atoms with van der Waals surface area (Å²) in [7, 11) is 0. The number of Topliss-reactive ketones (excluding diaryl/α,β-unsaturated/α-hetero) is 1. The molecule has 1 atom stereocenters. The van der Waals surface area contributed by atoms with E-state index in [0.29, 0.717) is 0 Å². The molecule has 1 N–H and O–H groups in total. The lowest BCUT2D eigenvalue weighted by atomic mass is 10.1. The van der Waals surface area contributed by atoms with E-state index in [1.807, 2.05) is 12.2 Å². The second-order valence-electron chi connectivity index (χ2n) is 2.13. The van der Waals surface area contributed by atoms with Crippen LogP contribution >= 0.6 is 15.9 Å². The number of allylic oxidation sites excluding steroid dienone is 2. The minimum atomic E-state index is -0.665. The van der Waals surface area contributed by atoms with E-state index in [2.05, 4.69) is 21.2 Å². The van der Waals surface area contributed by atoms with Crippen LogP contribution in [0, 0.1) is 0 Å². The summed E-state index contributed by atoms with van der Waals surface area (Å²) in [6, 6.07) is 0. The van der Waals surface area contributed by atoms with Crippen LogP contribution in [0.4, 0.5) is 0 Å². The van der Waals surface area contributed by atoms with Crippen molar-refractivity contribution in [3.05, 3.63) is 24.4 Å². The molecule has 0 saturated heterocycles. The first kappa shape index (κ1) is 7.54. The highest BCUT2D eigenvalue weighted by Crippen LogP contribution is 2.19. The monoisotopic (exact) mass is 201 g/mol. The summed E-state index contributed by atoms with van der Waals surface area (Å²) in [5.74, 6) is 0.0492. The average Bonchev–Trinajstić information content (AvgIpc) is 1.89. The highest BCUT2D eigenvalue weighted by Gasteiger charge is 2.27. The van der Waals surface area contributed by atoms with Crippen LogP contribution in [0.3, 0.4) is 0 Å². The predicted molar refractivity (Wildman–Crippen MR) is 43.8 cm³/mol. The summed E-state index contributed by atoms with van der Waals surface area (Å²) in [6.45, 7) is 1.53. The Morgan fingerprint density at radius 3 is 2.60 bits per heavy atom. The lowest BCUT2D eigenvalue weighted by molar-refractivity contribution is -0.118.